The van der Waals surface area contributed by atoms with Crippen molar-refractivity contribution in [1.29, 1.82) is 0 Å². The first kappa shape index (κ1) is 15.1. The summed E-state index contributed by atoms with van der Waals surface area (Å²) < 4.78 is 3.70. The largest absolute Gasteiger partial charge is 0.293 e. The van der Waals surface area contributed by atoms with Gasteiger partial charge >= 0.3 is 0 Å². The van der Waals surface area contributed by atoms with Crippen molar-refractivity contribution in [3.63, 3.8) is 0 Å². The van der Waals surface area contributed by atoms with E-state index in [2.05, 4.69) is 43.8 Å². The van der Waals surface area contributed by atoms with Crippen molar-refractivity contribution in [2.75, 3.05) is 13.1 Å². The van der Waals surface area contributed by atoms with E-state index in [9.17, 15) is 0 Å². The van der Waals surface area contributed by atoms with Crippen LogP contribution in [0.5, 0.6) is 0 Å². The lowest BCUT2D eigenvalue weighted by molar-refractivity contribution is 0.0249. The highest BCUT2D eigenvalue weighted by molar-refractivity contribution is 4.93. The molecule has 0 radical (unpaired) electrons. The molecule has 3 heterocycles. The highest BCUT2D eigenvalue weighted by Crippen LogP contribution is 2.19. The monoisotopic (exact) mass is 304 g/mol. The fourth-order valence-corrected chi connectivity index (χ4v) is 3.20. The second-order valence-corrected chi connectivity index (χ2v) is 6.16. The molecule has 0 N–H and O–H groups in total. The Labute approximate surface area is 130 Å². The fourth-order valence-electron chi connectivity index (χ4n) is 3.20. The molecule has 0 unspecified atom stereocenters. The Balaban J connectivity index is 1.64. The maximum atomic E-state index is 4.35. The Morgan fingerprint density at radius 1 is 0.909 bits per heavy atom. The Kier molecular flexibility index (Phi) is 4.21. The summed E-state index contributed by atoms with van der Waals surface area (Å²) in [7, 11) is 3.89. The molecule has 3 rings (SSSR count). The summed E-state index contributed by atoms with van der Waals surface area (Å²) in [6.07, 6.45) is 3.24. The van der Waals surface area contributed by atoms with Crippen molar-refractivity contribution in [2.45, 2.75) is 39.0 Å². The molecule has 1 aliphatic rings. The zero-order valence-electron chi connectivity index (χ0n) is 13.7. The normalized spacial score (nSPS) is 24.0. The summed E-state index contributed by atoms with van der Waals surface area (Å²) in [6.45, 7) is 8.29. The van der Waals surface area contributed by atoms with Gasteiger partial charge in [-0.05, 0) is 13.8 Å². The maximum absolute atomic E-state index is 4.35. The first-order valence-corrected chi connectivity index (χ1v) is 7.68. The quantitative estimate of drug-likeness (QED) is 0.794. The lowest BCUT2D eigenvalue weighted by Gasteiger charge is -2.44. The highest BCUT2D eigenvalue weighted by atomic mass is 15.4. The summed E-state index contributed by atoms with van der Waals surface area (Å²) in [5.74, 6) is 2.03. The van der Waals surface area contributed by atoms with Crippen LogP contribution >= 0.6 is 0 Å². The van der Waals surface area contributed by atoms with Crippen LogP contribution in [0.25, 0.3) is 0 Å². The molecule has 0 aromatic carbocycles. The third-order valence-electron chi connectivity index (χ3n) is 4.48. The van der Waals surface area contributed by atoms with Gasteiger partial charge in [0.2, 0.25) is 0 Å². The molecule has 0 aliphatic carbocycles. The van der Waals surface area contributed by atoms with Crippen molar-refractivity contribution in [1.82, 2.24) is 39.3 Å². The molecule has 1 fully saturated rings. The zero-order valence-corrected chi connectivity index (χ0v) is 13.7. The minimum absolute atomic E-state index is 0.466. The average molecular weight is 304 g/mol. The standard InChI is InChI=1S/C14H24N8/c1-11-5-21(7-13-15-9-17-19(13)3)6-12(2)22(11)8-14-16-10-18-20(14)4/h9-12H,5-8H2,1-4H3/t11-,12-/m1/s1. The van der Waals surface area contributed by atoms with Crippen LogP contribution in [-0.2, 0) is 27.2 Å². The van der Waals surface area contributed by atoms with E-state index < -0.39 is 0 Å². The number of nitrogens with zero attached hydrogens (tertiary/aromatic N) is 8. The van der Waals surface area contributed by atoms with Crippen molar-refractivity contribution >= 4 is 0 Å². The first-order chi connectivity index (χ1) is 10.5. The lowest BCUT2D eigenvalue weighted by atomic mass is 10.1. The smallest absolute Gasteiger partial charge is 0.140 e. The van der Waals surface area contributed by atoms with E-state index >= 15 is 0 Å². The van der Waals surface area contributed by atoms with Crippen LogP contribution in [0.3, 0.4) is 0 Å². The maximum Gasteiger partial charge on any atom is 0.140 e. The average Bonchev–Trinajstić information content (AvgIpc) is 3.04. The SMILES string of the molecule is C[C@@H]1CN(Cc2ncnn2C)C[C@@H](C)N1Cc1ncnn1C. The van der Waals surface area contributed by atoms with Crippen molar-refractivity contribution in [3.05, 3.63) is 24.3 Å². The summed E-state index contributed by atoms with van der Waals surface area (Å²) >= 11 is 0. The van der Waals surface area contributed by atoms with Gasteiger partial charge in [0.1, 0.15) is 24.3 Å². The van der Waals surface area contributed by atoms with Crippen molar-refractivity contribution < 1.29 is 0 Å². The molecule has 22 heavy (non-hydrogen) atoms. The number of hydrogen-bond donors (Lipinski definition) is 0. The number of aromatic nitrogens is 6. The molecule has 0 spiro atoms. The van der Waals surface area contributed by atoms with Gasteiger partial charge in [0.15, 0.2) is 0 Å². The Bertz CT molecular complexity index is 606. The molecule has 120 valence electrons. The summed E-state index contributed by atoms with van der Waals surface area (Å²) in [4.78, 5) is 13.6. The van der Waals surface area contributed by atoms with Gasteiger partial charge < -0.3 is 0 Å². The Hall–Kier alpha value is -1.80. The van der Waals surface area contributed by atoms with Gasteiger partial charge in [0.25, 0.3) is 0 Å². The van der Waals surface area contributed by atoms with E-state index in [4.69, 9.17) is 0 Å². The summed E-state index contributed by atoms with van der Waals surface area (Å²) in [6, 6.07) is 0.933. The van der Waals surface area contributed by atoms with E-state index in [1.165, 1.54) is 0 Å². The van der Waals surface area contributed by atoms with Gasteiger partial charge in [0.05, 0.1) is 13.1 Å². The highest BCUT2D eigenvalue weighted by Gasteiger charge is 2.30. The fraction of sp³-hybridized carbons (Fsp3) is 0.714. The van der Waals surface area contributed by atoms with Crippen molar-refractivity contribution in [3.8, 4) is 0 Å². The van der Waals surface area contributed by atoms with E-state index in [1.807, 2.05) is 23.5 Å². The van der Waals surface area contributed by atoms with Crippen molar-refractivity contribution in [2.24, 2.45) is 14.1 Å². The summed E-state index contributed by atoms with van der Waals surface area (Å²) in [5, 5.41) is 8.30. The van der Waals surface area contributed by atoms with Crippen LogP contribution in [0.2, 0.25) is 0 Å². The molecule has 8 nitrogen and oxygen atoms in total. The number of aryl methyl sites for hydroxylation is 2. The second-order valence-electron chi connectivity index (χ2n) is 6.16. The molecule has 0 bridgehead atoms. The summed E-state index contributed by atoms with van der Waals surface area (Å²) in [5.41, 5.74) is 0. The predicted molar refractivity (Wildman–Crippen MR) is 81.8 cm³/mol. The molecule has 2 aromatic heterocycles. The van der Waals surface area contributed by atoms with Gasteiger partial charge in [0, 0.05) is 39.3 Å². The van der Waals surface area contributed by atoms with Crippen LogP contribution in [-0.4, -0.2) is 64.5 Å². The third-order valence-corrected chi connectivity index (χ3v) is 4.48. The molecular formula is C14H24N8. The van der Waals surface area contributed by atoms with Gasteiger partial charge in [-0.25, -0.2) is 9.97 Å². The Morgan fingerprint density at radius 2 is 1.41 bits per heavy atom. The molecular weight excluding hydrogens is 280 g/mol. The molecule has 1 saturated heterocycles. The molecule has 2 aromatic rings. The lowest BCUT2D eigenvalue weighted by Crippen LogP contribution is -2.56. The van der Waals surface area contributed by atoms with E-state index in [0.29, 0.717) is 12.1 Å². The van der Waals surface area contributed by atoms with Crippen LogP contribution in [0, 0.1) is 0 Å². The minimum atomic E-state index is 0.466. The molecule has 2 atom stereocenters. The Morgan fingerprint density at radius 3 is 1.86 bits per heavy atom. The predicted octanol–water partition coefficient (Wildman–Crippen LogP) is 0.0384. The van der Waals surface area contributed by atoms with Gasteiger partial charge in [-0.3, -0.25) is 19.2 Å². The van der Waals surface area contributed by atoms with Crippen LogP contribution in [0.1, 0.15) is 25.5 Å². The van der Waals surface area contributed by atoms with Gasteiger partial charge in [-0.1, -0.05) is 0 Å². The molecule has 0 saturated carbocycles. The van der Waals surface area contributed by atoms with Gasteiger partial charge in [-0.2, -0.15) is 10.2 Å². The molecule has 0 amide bonds. The third kappa shape index (κ3) is 3.02. The first-order valence-electron chi connectivity index (χ1n) is 7.68. The van der Waals surface area contributed by atoms with E-state index in [-0.39, 0.29) is 0 Å². The van der Waals surface area contributed by atoms with Crippen LogP contribution < -0.4 is 0 Å². The number of rotatable bonds is 4. The van der Waals surface area contributed by atoms with E-state index in [1.54, 1.807) is 12.7 Å². The van der Waals surface area contributed by atoms with Crippen LogP contribution in [0.4, 0.5) is 0 Å². The number of hydrogen-bond acceptors (Lipinski definition) is 6. The second kappa shape index (κ2) is 6.13. The van der Waals surface area contributed by atoms with Gasteiger partial charge in [-0.15, -0.1) is 0 Å². The molecule has 8 heteroatoms. The number of piperazine rings is 1. The van der Waals surface area contributed by atoms with Crippen LogP contribution in [0.15, 0.2) is 12.7 Å². The minimum Gasteiger partial charge on any atom is -0.293 e. The molecule has 1 aliphatic heterocycles. The van der Waals surface area contributed by atoms with E-state index in [0.717, 1.165) is 37.8 Å². The topological polar surface area (TPSA) is 67.9 Å². The zero-order chi connectivity index (χ0) is 15.7.